The first kappa shape index (κ1) is 24.1. The van der Waals surface area contributed by atoms with Gasteiger partial charge in [-0.1, -0.05) is 50.3 Å². The van der Waals surface area contributed by atoms with Crippen LogP contribution in [0.2, 0.25) is 0 Å². The zero-order valence-electron chi connectivity index (χ0n) is 19.9. The van der Waals surface area contributed by atoms with Crippen LogP contribution in [-0.2, 0) is 20.9 Å². The summed E-state index contributed by atoms with van der Waals surface area (Å²) < 4.78 is 5.39. The summed E-state index contributed by atoms with van der Waals surface area (Å²) in [7, 11) is 1.61. The van der Waals surface area contributed by atoms with Crippen molar-refractivity contribution < 1.29 is 19.4 Å². The molecule has 6 nitrogen and oxygen atoms in total. The second kappa shape index (κ2) is 10.1. The lowest BCUT2D eigenvalue weighted by molar-refractivity contribution is -0.127. The monoisotopic (exact) mass is 478 g/mol. The van der Waals surface area contributed by atoms with E-state index in [4.69, 9.17) is 4.74 Å². The minimum atomic E-state index is -0.709. The molecular weight excluding hydrogens is 448 g/mol. The van der Waals surface area contributed by atoms with E-state index in [-0.39, 0.29) is 29.6 Å². The van der Waals surface area contributed by atoms with Crippen LogP contribution in [0.25, 0.3) is 0 Å². The van der Waals surface area contributed by atoms with Crippen LogP contribution in [0.5, 0.6) is 0 Å². The van der Waals surface area contributed by atoms with Crippen LogP contribution >= 0.6 is 11.3 Å². The van der Waals surface area contributed by atoms with Gasteiger partial charge in [-0.25, -0.2) is 4.98 Å². The average Bonchev–Trinajstić information content (AvgIpc) is 3.35. The number of Topliss-reactive ketones (excluding diaryl/α,β-unsaturated/α-hetero) is 1. The average molecular weight is 479 g/mol. The molecule has 0 saturated heterocycles. The molecule has 178 valence electrons. The van der Waals surface area contributed by atoms with Crippen LogP contribution in [0.3, 0.4) is 0 Å². The van der Waals surface area contributed by atoms with Crippen LogP contribution in [0, 0.1) is 12.8 Å². The molecular formula is C27H30N2O4S. The first-order valence-corrected chi connectivity index (χ1v) is 12.4. The summed E-state index contributed by atoms with van der Waals surface area (Å²) in [5.74, 6) is -0.994. The van der Waals surface area contributed by atoms with E-state index < -0.39 is 17.7 Å². The van der Waals surface area contributed by atoms with Gasteiger partial charge in [-0.3, -0.25) is 14.5 Å². The second-order valence-corrected chi connectivity index (χ2v) is 10.2. The van der Waals surface area contributed by atoms with Crippen molar-refractivity contribution in [3.63, 3.8) is 0 Å². The minimum Gasteiger partial charge on any atom is -0.503 e. The number of aromatic nitrogens is 1. The third kappa shape index (κ3) is 4.63. The summed E-state index contributed by atoms with van der Waals surface area (Å²) in [6, 6.07) is 6.89. The molecule has 2 heterocycles. The largest absolute Gasteiger partial charge is 0.503 e. The van der Waals surface area contributed by atoms with Gasteiger partial charge in [0.15, 0.2) is 11.5 Å². The van der Waals surface area contributed by atoms with Gasteiger partial charge >= 0.3 is 0 Å². The van der Waals surface area contributed by atoms with E-state index in [1.165, 1.54) is 0 Å². The molecule has 2 unspecified atom stereocenters. The van der Waals surface area contributed by atoms with Gasteiger partial charge in [-0.05, 0) is 36.5 Å². The number of aryl methyl sites for hydroxylation is 1. The smallest absolute Gasteiger partial charge is 0.294 e. The van der Waals surface area contributed by atoms with Crippen molar-refractivity contribution >= 4 is 23.0 Å². The van der Waals surface area contributed by atoms with Crippen LogP contribution in [-0.4, -0.2) is 33.8 Å². The molecule has 0 spiro atoms. The van der Waals surface area contributed by atoms with Gasteiger partial charge in [0.05, 0.1) is 28.9 Å². The number of allylic oxidation sites excluding steroid dienone is 3. The summed E-state index contributed by atoms with van der Waals surface area (Å²) in [5.41, 5.74) is 3.49. The standard InChI is InChI=1S/C27H30N2O4S/c1-16(2)13-23(30)24-25(21-8-6-5-7-19(21)14-33-4)29(27(32)26(24)31)20-11-9-18(10-12-20)22-15-34-17(3)28-22/h5-9,11-12,15-16,18,25,31H,10,13-14H2,1-4H3. The summed E-state index contributed by atoms with van der Waals surface area (Å²) in [5, 5.41) is 14.0. The zero-order valence-corrected chi connectivity index (χ0v) is 20.8. The highest BCUT2D eigenvalue weighted by atomic mass is 32.1. The number of hydrogen-bond donors (Lipinski definition) is 1. The number of carbonyl (C=O) groups excluding carboxylic acids is 2. The number of benzene rings is 1. The first-order chi connectivity index (χ1) is 16.3. The summed E-state index contributed by atoms with van der Waals surface area (Å²) >= 11 is 1.62. The Balaban J connectivity index is 1.74. The fourth-order valence-electron chi connectivity index (χ4n) is 4.58. The van der Waals surface area contributed by atoms with Crippen molar-refractivity contribution in [2.45, 2.75) is 52.2 Å². The molecule has 1 N–H and O–H groups in total. The molecule has 1 aromatic heterocycles. The number of carbonyl (C=O) groups is 2. The highest BCUT2D eigenvalue weighted by molar-refractivity contribution is 7.09. The molecule has 1 aromatic carbocycles. The molecule has 0 radical (unpaired) electrons. The van der Waals surface area contributed by atoms with Crippen LogP contribution in [0.1, 0.15) is 60.5 Å². The van der Waals surface area contributed by atoms with Crippen molar-refractivity contribution in [3.8, 4) is 0 Å². The number of aliphatic hydroxyl groups is 1. The van der Waals surface area contributed by atoms with Gasteiger partial charge in [0.2, 0.25) is 0 Å². The Labute approximate surface area is 204 Å². The molecule has 2 aliphatic rings. The molecule has 4 rings (SSSR count). The number of amides is 1. The number of ketones is 1. The van der Waals surface area contributed by atoms with Gasteiger partial charge in [0.1, 0.15) is 0 Å². The number of rotatable bonds is 8. The third-order valence-corrected chi connectivity index (χ3v) is 6.92. The molecule has 34 heavy (non-hydrogen) atoms. The van der Waals surface area contributed by atoms with Crippen LogP contribution < -0.4 is 0 Å². The molecule has 2 aromatic rings. The molecule has 1 amide bonds. The maximum Gasteiger partial charge on any atom is 0.294 e. The van der Waals surface area contributed by atoms with E-state index in [1.54, 1.807) is 23.3 Å². The van der Waals surface area contributed by atoms with E-state index in [1.807, 2.05) is 63.3 Å². The highest BCUT2D eigenvalue weighted by Gasteiger charge is 2.45. The molecule has 1 aliphatic heterocycles. The minimum absolute atomic E-state index is 0.0999. The van der Waals surface area contributed by atoms with E-state index in [2.05, 4.69) is 10.4 Å². The van der Waals surface area contributed by atoms with E-state index in [0.29, 0.717) is 18.7 Å². The Morgan fingerprint density at radius 1 is 1.32 bits per heavy atom. The normalized spacial score (nSPS) is 20.4. The predicted molar refractivity (Wildman–Crippen MR) is 132 cm³/mol. The zero-order chi connectivity index (χ0) is 24.4. The lowest BCUT2D eigenvalue weighted by Crippen LogP contribution is -2.31. The summed E-state index contributed by atoms with van der Waals surface area (Å²) in [6.07, 6.45) is 6.87. The SMILES string of the molecule is COCc1ccccc1C1C(C(=O)CC(C)C)=C(O)C(=O)N1C1=CCC(c2csc(C)n2)C=C1. The number of hydrogen-bond acceptors (Lipinski definition) is 6. The third-order valence-electron chi connectivity index (χ3n) is 6.13. The number of thiazole rings is 1. The van der Waals surface area contributed by atoms with E-state index in [9.17, 15) is 14.7 Å². The van der Waals surface area contributed by atoms with Crippen molar-refractivity contribution in [1.82, 2.24) is 9.88 Å². The number of ether oxygens (including phenoxy) is 1. The molecule has 7 heteroatoms. The van der Waals surface area contributed by atoms with E-state index in [0.717, 1.165) is 21.8 Å². The fourth-order valence-corrected chi connectivity index (χ4v) is 5.25. The lowest BCUT2D eigenvalue weighted by atomic mass is 9.89. The quantitative estimate of drug-likeness (QED) is 0.539. The number of aliphatic hydroxyl groups excluding tert-OH is 1. The topological polar surface area (TPSA) is 79.7 Å². The first-order valence-electron chi connectivity index (χ1n) is 11.5. The summed E-state index contributed by atoms with van der Waals surface area (Å²) in [4.78, 5) is 32.8. The van der Waals surface area contributed by atoms with Gasteiger partial charge in [-0.2, -0.15) is 0 Å². The molecule has 0 saturated carbocycles. The Morgan fingerprint density at radius 3 is 2.71 bits per heavy atom. The van der Waals surface area contributed by atoms with Gasteiger partial charge in [-0.15, -0.1) is 11.3 Å². The van der Waals surface area contributed by atoms with Crippen LogP contribution in [0.15, 0.2) is 64.9 Å². The van der Waals surface area contributed by atoms with Crippen molar-refractivity contribution in [3.05, 3.63) is 86.7 Å². The number of methoxy groups -OCH3 is 1. The molecule has 2 atom stereocenters. The summed E-state index contributed by atoms with van der Waals surface area (Å²) in [6.45, 7) is 6.22. The predicted octanol–water partition coefficient (Wildman–Crippen LogP) is 5.54. The van der Waals surface area contributed by atoms with Gasteiger partial charge in [0, 0.05) is 30.5 Å². The maximum absolute atomic E-state index is 13.4. The Morgan fingerprint density at radius 2 is 2.09 bits per heavy atom. The van der Waals surface area contributed by atoms with Crippen LogP contribution in [0.4, 0.5) is 0 Å². The second-order valence-electron chi connectivity index (χ2n) is 9.11. The Hall–Kier alpha value is -3.03. The Bertz CT molecular complexity index is 1190. The molecule has 0 fully saturated rings. The number of nitrogens with zero attached hydrogens (tertiary/aromatic N) is 2. The van der Waals surface area contributed by atoms with E-state index >= 15 is 0 Å². The fraction of sp³-hybridized carbons (Fsp3) is 0.370. The molecule has 1 aliphatic carbocycles. The highest BCUT2D eigenvalue weighted by Crippen LogP contribution is 2.43. The molecule has 0 bridgehead atoms. The van der Waals surface area contributed by atoms with Gasteiger partial charge in [0.25, 0.3) is 5.91 Å². The lowest BCUT2D eigenvalue weighted by Gasteiger charge is -2.31. The van der Waals surface area contributed by atoms with Gasteiger partial charge < -0.3 is 9.84 Å². The van der Waals surface area contributed by atoms with Crippen molar-refractivity contribution in [2.24, 2.45) is 5.92 Å². The van der Waals surface area contributed by atoms with Crippen molar-refractivity contribution in [2.75, 3.05) is 7.11 Å². The Kier molecular flexibility index (Phi) is 7.14. The maximum atomic E-state index is 13.4. The van der Waals surface area contributed by atoms with Crippen molar-refractivity contribution in [1.29, 1.82) is 0 Å².